The summed E-state index contributed by atoms with van der Waals surface area (Å²) in [6.07, 6.45) is -4.77. The van der Waals surface area contributed by atoms with Crippen molar-refractivity contribution in [2.45, 2.75) is 17.6 Å². The zero-order valence-electron chi connectivity index (χ0n) is 17.4. The number of amides is 2. The van der Waals surface area contributed by atoms with Gasteiger partial charge in [-0.1, -0.05) is 29.8 Å². The van der Waals surface area contributed by atoms with Crippen LogP contribution in [0.5, 0.6) is 0 Å². The van der Waals surface area contributed by atoms with Crippen LogP contribution in [0.4, 0.5) is 18.9 Å². The first-order chi connectivity index (χ1) is 16.4. The molecule has 0 unspecified atom stereocenters. The number of halogens is 4. The van der Waals surface area contributed by atoms with Gasteiger partial charge >= 0.3 is 6.18 Å². The molecule has 0 saturated carbocycles. The molecule has 0 aromatic heterocycles. The minimum atomic E-state index is -4.77. The number of imide groups is 1. The van der Waals surface area contributed by atoms with Crippen molar-refractivity contribution < 1.29 is 31.2 Å². The van der Waals surface area contributed by atoms with E-state index in [1.807, 2.05) is 6.07 Å². The molecule has 0 aliphatic carbocycles. The molecule has 178 valence electrons. The summed E-state index contributed by atoms with van der Waals surface area (Å²) in [5.74, 6) is -1.63. The predicted octanol–water partition coefficient (Wildman–Crippen LogP) is 4.83. The number of rotatable bonds is 5. The minimum absolute atomic E-state index is 0.103. The second kappa shape index (κ2) is 8.72. The summed E-state index contributed by atoms with van der Waals surface area (Å²) in [5, 5.41) is 8.96. The highest BCUT2D eigenvalue weighted by molar-refractivity contribution is 7.92. The topological polar surface area (TPSA) is 107 Å². The second-order valence-corrected chi connectivity index (χ2v) is 9.57. The molecule has 1 N–H and O–H groups in total. The van der Waals surface area contributed by atoms with Crippen LogP contribution in [0.25, 0.3) is 0 Å². The average molecular weight is 520 g/mol. The zero-order chi connectivity index (χ0) is 25.5. The van der Waals surface area contributed by atoms with Crippen LogP contribution in [0.2, 0.25) is 5.02 Å². The maximum atomic E-state index is 13.1. The molecule has 12 heteroatoms. The molecule has 7 nitrogen and oxygen atoms in total. The smallest absolute Gasteiger partial charge is 0.279 e. The Bertz CT molecular complexity index is 1530. The first kappa shape index (κ1) is 24.3. The standard InChI is InChI=1S/C23H13ClF3N3O4S/c24-17-7-8-18(29-35(33,34)16-6-2-5-15(10-16)23(25,26)27)20-19(17)21(31)30(22(20)32)12-14-4-1-3-13(9-14)11-28/h1-10,29H,12H2. The lowest BCUT2D eigenvalue weighted by molar-refractivity contribution is -0.137. The van der Waals surface area contributed by atoms with E-state index >= 15 is 0 Å². The molecule has 35 heavy (non-hydrogen) atoms. The molecule has 3 aromatic carbocycles. The largest absolute Gasteiger partial charge is 0.416 e. The lowest BCUT2D eigenvalue weighted by Gasteiger charge is -2.15. The van der Waals surface area contributed by atoms with Gasteiger partial charge < -0.3 is 0 Å². The quantitative estimate of drug-likeness (QED) is 0.486. The number of carbonyl (C=O) groups is 2. The Morgan fingerprint density at radius 2 is 1.66 bits per heavy atom. The van der Waals surface area contributed by atoms with Crippen molar-refractivity contribution in [2.75, 3.05) is 4.72 Å². The van der Waals surface area contributed by atoms with E-state index in [-0.39, 0.29) is 28.4 Å². The number of hydrogen-bond acceptors (Lipinski definition) is 5. The number of nitrogens with one attached hydrogen (secondary N) is 1. The number of fused-ring (bicyclic) bond motifs is 1. The molecule has 1 aliphatic heterocycles. The van der Waals surface area contributed by atoms with Crippen molar-refractivity contribution in [3.8, 4) is 6.07 Å². The van der Waals surface area contributed by atoms with Gasteiger partial charge in [0.1, 0.15) is 0 Å². The zero-order valence-corrected chi connectivity index (χ0v) is 19.0. The summed E-state index contributed by atoms with van der Waals surface area (Å²) in [7, 11) is -4.57. The maximum Gasteiger partial charge on any atom is 0.416 e. The normalized spacial score (nSPS) is 13.5. The van der Waals surface area contributed by atoms with E-state index in [0.29, 0.717) is 17.2 Å². The summed E-state index contributed by atoms with van der Waals surface area (Å²) in [5.41, 5.74) is -1.26. The van der Waals surface area contributed by atoms with Crippen LogP contribution in [0.3, 0.4) is 0 Å². The number of alkyl halides is 3. The number of hydrogen-bond donors (Lipinski definition) is 1. The van der Waals surface area contributed by atoms with E-state index in [9.17, 15) is 31.2 Å². The van der Waals surface area contributed by atoms with Crippen molar-refractivity contribution in [1.29, 1.82) is 5.26 Å². The predicted molar refractivity (Wildman–Crippen MR) is 119 cm³/mol. The van der Waals surface area contributed by atoms with E-state index in [1.54, 1.807) is 18.2 Å². The number of carbonyl (C=O) groups excluding carboxylic acids is 2. The summed E-state index contributed by atoms with van der Waals surface area (Å²) >= 11 is 6.13. The third-order valence-electron chi connectivity index (χ3n) is 5.19. The van der Waals surface area contributed by atoms with Gasteiger partial charge in [-0.3, -0.25) is 19.2 Å². The molecular formula is C23H13ClF3N3O4S. The van der Waals surface area contributed by atoms with Crippen LogP contribution in [0, 0.1) is 11.3 Å². The van der Waals surface area contributed by atoms with Gasteiger partial charge in [0, 0.05) is 0 Å². The minimum Gasteiger partial charge on any atom is -0.279 e. The number of nitriles is 1. The molecule has 1 heterocycles. The van der Waals surface area contributed by atoms with E-state index < -0.39 is 38.5 Å². The molecule has 0 fully saturated rings. The third-order valence-corrected chi connectivity index (χ3v) is 6.86. The fourth-order valence-corrected chi connectivity index (χ4v) is 4.92. The van der Waals surface area contributed by atoms with E-state index in [0.717, 1.165) is 29.2 Å². The molecule has 3 aromatic rings. The SMILES string of the molecule is N#Cc1cccc(CN2C(=O)c3c(Cl)ccc(NS(=O)(=O)c4cccc(C(F)(F)F)c4)c3C2=O)c1. The molecule has 0 saturated heterocycles. The second-order valence-electron chi connectivity index (χ2n) is 7.48. The maximum absolute atomic E-state index is 13.1. The van der Waals surface area contributed by atoms with Crippen LogP contribution in [0.1, 0.15) is 37.4 Å². The van der Waals surface area contributed by atoms with Crippen molar-refractivity contribution in [3.63, 3.8) is 0 Å². The van der Waals surface area contributed by atoms with E-state index in [1.165, 1.54) is 12.1 Å². The monoisotopic (exact) mass is 519 g/mol. The van der Waals surface area contributed by atoms with E-state index in [4.69, 9.17) is 16.9 Å². The Labute approximate surface area is 202 Å². The molecular weight excluding hydrogens is 507 g/mol. The van der Waals surface area contributed by atoms with Crippen LogP contribution in [-0.4, -0.2) is 25.1 Å². The van der Waals surface area contributed by atoms with Crippen LogP contribution in [-0.2, 0) is 22.7 Å². The number of sulfonamides is 1. The number of anilines is 1. The molecule has 2 amide bonds. The first-order valence-electron chi connectivity index (χ1n) is 9.80. The fourth-order valence-electron chi connectivity index (χ4n) is 3.56. The van der Waals surface area contributed by atoms with Gasteiger partial charge in [-0.15, -0.1) is 0 Å². The third kappa shape index (κ3) is 4.58. The fraction of sp³-hybridized carbons (Fsp3) is 0.0870. The summed E-state index contributed by atoms with van der Waals surface area (Å²) in [4.78, 5) is 26.3. The van der Waals surface area contributed by atoms with Crippen molar-refractivity contribution in [3.05, 3.63) is 93.5 Å². The van der Waals surface area contributed by atoms with Gasteiger partial charge in [-0.25, -0.2) is 8.42 Å². The first-order valence-corrected chi connectivity index (χ1v) is 11.7. The Morgan fingerprint density at radius 3 is 2.34 bits per heavy atom. The highest BCUT2D eigenvalue weighted by atomic mass is 35.5. The molecule has 0 radical (unpaired) electrons. The van der Waals surface area contributed by atoms with Gasteiger partial charge in [0.15, 0.2) is 0 Å². The Balaban J connectivity index is 1.71. The molecule has 0 spiro atoms. The Hall–Kier alpha value is -3.88. The van der Waals surface area contributed by atoms with Gasteiger partial charge in [0.2, 0.25) is 0 Å². The van der Waals surface area contributed by atoms with Crippen molar-refractivity contribution in [1.82, 2.24) is 4.90 Å². The van der Waals surface area contributed by atoms with Crippen LogP contribution < -0.4 is 4.72 Å². The van der Waals surface area contributed by atoms with Crippen molar-refractivity contribution in [2.24, 2.45) is 0 Å². The molecule has 0 bridgehead atoms. The summed E-state index contributed by atoms with van der Waals surface area (Å²) in [6.45, 7) is -0.210. The Morgan fingerprint density at radius 1 is 0.971 bits per heavy atom. The average Bonchev–Trinajstić information content (AvgIpc) is 3.06. The van der Waals surface area contributed by atoms with E-state index in [2.05, 4.69) is 4.72 Å². The molecule has 4 rings (SSSR count). The van der Waals surface area contributed by atoms with Crippen LogP contribution >= 0.6 is 11.6 Å². The number of nitrogens with zero attached hydrogens (tertiary/aromatic N) is 2. The lowest BCUT2D eigenvalue weighted by Crippen LogP contribution is -2.29. The summed E-state index contributed by atoms with van der Waals surface area (Å²) < 4.78 is 66.9. The van der Waals surface area contributed by atoms with Crippen molar-refractivity contribution >= 4 is 39.1 Å². The molecule has 1 aliphatic rings. The highest BCUT2D eigenvalue weighted by Gasteiger charge is 2.40. The molecule has 0 atom stereocenters. The van der Waals surface area contributed by atoms with Crippen LogP contribution in [0.15, 0.2) is 65.6 Å². The Kier molecular flexibility index (Phi) is 6.04. The van der Waals surface area contributed by atoms with Gasteiger partial charge in [-0.2, -0.15) is 18.4 Å². The van der Waals surface area contributed by atoms with Gasteiger partial charge in [0.25, 0.3) is 21.8 Å². The van der Waals surface area contributed by atoms with Gasteiger partial charge in [-0.05, 0) is 48.0 Å². The lowest BCUT2D eigenvalue weighted by atomic mass is 10.1. The summed E-state index contributed by atoms with van der Waals surface area (Å²) in [6, 6.07) is 13.6. The van der Waals surface area contributed by atoms with Gasteiger partial charge in [0.05, 0.1) is 50.5 Å². The highest BCUT2D eigenvalue weighted by Crippen LogP contribution is 2.37. The number of benzene rings is 3.